The van der Waals surface area contributed by atoms with Crippen LogP contribution >= 0.6 is 0 Å². The molecular weight excluding hydrogens is 362 g/mol. The van der Waals surface area contributed by atoms with Gasteiger partial charge < -0.3 is 14.5 Å². The molecule has 5 heteroatoms. The number of ether oxygens (including phenoxy) is 1. The van der Waals surface area contributed by atoms with E-state index in [1.54, 1.807) is 0 Å². The van der Waals surface area contributed by atoms with Crippen molar-refractivity contribution in [1.29, 1.82) is 0 Å². The van der Waals surface area contributed by atoms with Crippen molar-refractivity contribution in [2.45, 2.75) is 56.6 Å². The smallest absolute Gasteiger partial charge is 0.225 e. The van der Waals surface area contributed by atoms with Gasteiger partial charge in [-0.15, -0.1) is 0 Å². The molecule has 3 heterocycles. The van der Waals surface area contributed by atoms with Gasteiger partial charge in [0.1, 0.15) is 0 Å². The van der Waals surface area contributed by atoms with E-state index in [1.807, 2.05) is 0 Å². The van der Waals surface area contributed by atoms with Gasteiger partial charge in [-0.2, -0.15) is 0 Å². The highest BCUT2D eigenvalue weighted by Crippen LogP contribution is 2.38. The highest BCUT2D eigenvalue weighted by atomic mass is 16.5. The first-order valence-electron chi connectivity index (χ1n) is 11.7. The Morgan fingerprint density at radius 2 is 1.66 bits per heavy atom. The van der Waals surface area contributed by atoms with Gasteiger partial charge in [0.2, 0.25) is 5.91 Å². The van der Waals surface area contributed by atoms with Crippen molar-refractivity contribution in [1.82, 2.24) is 9.80 Å². The van der Waals surface area contributed by atoms with Crippen LogP contribution in [0.4, 0.5) is 5.69 Å². The first-order valence-corrected chi connectivity index (χ1v) is 11.7. The van der Waals surface area contributed by atoms with Crippen LogP contribution in [0.2, 0.25) is 0 Å². The van der Waals surface area contributed by atoms with E-state index in [4.69, 9.17) is 4.74 Å². The Balaban J connectivity index is 1.14. The van der Waals surface area contributed by atoms with Crippen LogP contribution in [0.5, 0.6) is 0 Å². The zero-order valence-corrected chi connectivity index (χ0v) is 17.6. The molecule has 0 aromatic heterocycles. The minimum Gasteiger partial charge on any atom is -0.375 e. The lowest BCUT2D eigenvalue weighted by atomic mass is 9.80. The zero-order valence-electron chi connectivity index (χ0n) is 17.6. The molecule has 3 saturated heterocycles. The van der Waals surface area contributed by atoms with Crippen molar-refractivity contribution in [3.63, 3.8) is 0 Å². The number of piperazine rings is 1. The Morgan fingerprint density at radius 3 is 2.31 bits per heavy atom. The van der Waals surface area contributed by atoms with Crippen LogP contribution < -0.4 is 4.90 Å². The Bertz CT molecular complexity index is 689. The maximum Gasteiger partial charge on any atom is 0.225 e. The number of benzene rings is 1. The van der Waals surface area contributed by atoms with Crippen LogP contribution in [0, 0.1) is 5.92 Å². The van der Waals surface area contributed by atoms with Crippen LogP contribution in [0.15, 0.2) is 30.3 Å². The zero-order chi connectivity index (χ0) is 19.7. The molecule has 4 fully saturated rings. The number of carbonyl (C=O) groups is 1. The van der Waals surface area contributed by atoms with Crippen molar-refractivity contribution >= 4 is 11.6 Å². The average Bonchev–Trinajstić information content (AvgIpc) is 2.74. The number of para-hydroxylation sites is 1. The molecular formula is C24H35N3O2. The minimum absolute atomic E-state index is 0.00980. The molecule has 29 heavy (non-hydrogen) atoms. The third kappa shape index (κ3) is 4.04. The number of hydrogen-bond acceptors (Lipinski definition) is 4. The molecule has 0 bridgehead atoms. The molecule has 5 nitrogen and oxygen atoms in total. The summed E-state index contributed by atoms with van der Waals surface area (Å²) in [6.07, 6.45) is 7.78. The van der Waals surface area contributed by atoms with Gasteiger partial charge in [0.05, 0.1) is 5.60 Å². The van der Waals surface area contributed by atoms with Gasteiger partial charge in [0.25, 0.3) is 0 Å². The van der Waals surface area contributed by atoms with E-state index in [2.05, 4.69) is 45.0 Å². The monoisotopic (exact) mass is 397 g/mol. The first-order chi connectivity index (χ1) is 14.2. The van der Waals surface area contributed by atoms with Crippen molar-refractivity contribution in [2.24, 2.45) is 5.92 Å². The Labute approximate surface area is 175 Å². The molecule has 1 spiro atoms. The molecule has 1 saturated carbocycles. The second kappa shape index (κ2) is 8.27. The quantitative estimate of drug-likeness (QED) is 0.785. The van der Waals surface area contributed by atoms with E-state index in [-0.39, 0.29) is 5.60 Å². The second-order valence-corrected chi connectivity index (χ2v) is 9.49. The maximum atomic E-state index is 12.6. The van der Waals surface area contributed by atoms with E-state index < -0.39 is 0 Å². The summed E-state index contributed by atoms with van der Waals surface area (Å²) in [5, 5.41) is 0. The van der Waals surface area contributed by atoms with Crippen molar-refractivity contribution < 1.29 is 9.53 Å². The largest absolute Gasteiger partial charge is 0.375 e. The van der Waals surface area contributed by atoms with Gasteiger partial charge in [0.15, 0.2) is 0 Å². The van der Waals surface area contributed by atoms with Crippen LogP contribution in [0.3, 0.4) is 0 Å². The molecule has 3 aliphatic heterocycles. The fraction of sp³-hybridized carbons (Fsp3) is 0.708. The summed E-state index contributed by atoms with van der Waals surface area (Å²) in [7, 11) is 0. The lowest BCUT2D eigenvalue weighted by molar-refractivity contribution is -0.154. The van der Waals surface area contributed by atoms with Crippen molar-refractivity contribution in [2.75, 3.05) is 50.8 Å². The Hall–Kier alpha value is -1.59. The standard InChI is InChI=1S/C24H35N3O2/c28-23(20-5-4-6-20)27-12-10-24(11-13-27)19-22(9-18-29-24)26-16-14-25(15-17-26)21-7-2-1-3-8-21/h1-3,7-8,20,22H,4-6,9-19H2. The fourth-order valence-electron chi connectivity index (χ4n) is 5.69. The highest BCUT2D eigenvalue weighted by Gasteiger charge is 2.43. The van der Waals surface area contributed by atoms with Gasteiger partial charge in [-0.1, -0.05) is 24.6 Å². The number of likely N-dealkylation sites (tertiary alicyclic amines) is 1. The summed E-state index contributed by atoms with van der Waals surface area (Å²) in [6, 6.07) is 11.4. The molecule has 1 aliphatic carbocycles. The lowest BCUT2D eigenvalue weighted by Crippen LogP contribution is -2.58. The topological polar surface area (TPSA) is 36.0 Å². The lowest BCUT2D eigenvalue weighted by Gasteiger charge is -2.50. The predicted molar refractivity (Wildman–Crippen MR) is 115 cm³/mol. The molecule has 1 aromatic rings. The summed E-state index contributed by atoms with van der Waals surface area (Å²) in [6.45, 7) is 7.16. The van der Waals surface area contributed by atoms with Crippen LogP contribution in [-0.2, 0) is 9.53 Å². The van der Waals surface area contributed by atoms with Crippen molar-refractivity contribution in [3.05, 3.63) is 30.3 Å². The van der Waals surface area contributed by atoms with E-state index in [9.17, 15) is 4.79 Å². The van der Waals surface area contributed by atoms with Gasteiger partial charge >= 0.3 is 0 Å². The fourth-order valence-corrected chi connectivity index (χ4v) is 5.69. The summed E-state index contributed by atoms with van der Waals surface area (Å²) >= 11 is 0. The normalized spacial score (nSPS) is 28.3. The van der Waals surface area contributed by atoms with Gasteiger partial charge in [0, 0.05) is 63.5 Å². The highest BCUT2D eigenvalue weighted by molar-refractivity contribution is 5.79. The molecule has 1 unspecified atom stereocenters. The van der Waals surface area contributed by atoms with Crippen LogP contribution in [-0.4, -0.2) is 73.2 Å². The third-order valence-corrected chi connectivity index (χ3v) is 7.86. The number of carbonyl (C=O) groups excluding carboxylic acids is 1. The number of rotatable bonds is 3. The average molecular weight is 398 g/mol. The molecule has 1 aromatic carbocycles. The number of nitrogens with zero attached hydrogens (tertiary/aromatic N) is 3. The molecule has 1 atom stereocenters. The van der Waals surface area contributed by atoms with Gasteiger partial charge in [-0.3, -0.25) is 9.69 Å². The van der Waals surface area contributed by atoms with E-state index in [1.165, 1.54) is 12.1 Å². The minimum atomic E-state index is 0.00980. The second-order valence-electron chi connectivity index (χ2n) is 9.49. The SMILES string of the molecule is O=C(C1CCC1)N1CCC2(CC1)CC(N1CCN(c3ccccc3)CC1)CCO2. The number of amides is 1. The van der Waals surface area contributed by atoms with Crippen LogP contribution in [0.25, 0.3) is 0 Å². The summed E-state index contributed by atoms with van der Waals surface area (Å²) in [4.78, 5) is 19.9. The molecule has 158 valence electrons. The number of piperidine rings is 1. The van der Waals surface area contributed by atoms with Gasteiger partial charge in [-0.25, -0.2) is 0 Å². The predicted octanol–water partition coefficient (Wildman–Crippen LogP) is 3.15. The van der Waals surface area contributed by atoms with Crippen LogP contribution in [0.1, 0.15) is 44.9 Å². The van der Waals surface area contributed by atoms with Gasteiger partial charge in [-0.05, 0) is 50.7 Å². The third-order valence-electron chi connectivity index (χ3n) is 7.86. The summed E-state index contributed by atoms with van der Waals surface area (Å²) < 4.78 is 6.37. The maximum absolute atomic E-state index is 12.6. The Kier molecular flexibility index (Phi) is 5.53. The molecule has 0 N–H and O–H groups in total. The van der Waals surface area contributed by atoms with Crippen molar-refractivity contribution in [3.8, 4) is 0 Å². The van der Waals surface area contributed by atoms with E-state index >= 15 is 0 Å². The Morgan fingerprint density at radius 1 is 0.931 bits per heavy atom. The first kappa shape index (κ1) is 19.4. The summed E-state index contributed by atoms with van der Waals surface area (Å²) in [5.41, 5.74) is 1.36. The van der Waals surface area contributed by atoms with E-state index in [0.717, 1.165) is 84.4 Å². The molecule has 0 radical (unpaired) electrons. The molecule has 1 amide bonds. The number of anilines is 1. The molecule has 4 aliphatic rings. The summed E-state index contributed by atoms with van der Waals surface area (Å²) in [5.74, 6) is 0.737. The molecule has 5 rings (SSSR count). The van der Waals surface area contributed by atoms with E-state index in [0.29, 0.717) is 17.9 Å². The number of hydrogen-bond donors (Lipinski definition) is 0.